The summed E-state index contributed by atoms with van der Waals surface area (Å²) in [6.45, 7) is 1.98. The molecule has 2 N–H and O–H groups in total. The number of carboxylic acid groups (broad SMARTS) is 2. The quantitative estimate of drug-likeness (QED) is 0.308. The van der Waals surface area contributed by atoms with Gasteiger partial charge in [0.2, 0.25) is 0 Å². The average Bonchev–Trinajstić information content (AvgIpc) is 1.96. The summed E-state index contributed by atoms with van der Waals surface area (Å²) < 4.78 is 0. The molecule has 0 rings (SSSR count). The van der Waals surface area contributed by atoms with E-state index in [1.807, 2.05) is 6.92 Å². The second-order valence-electron chi connectivity index (χ2n) is 2.72. The van der Waals surface area contributed by atoms with Crippen molar-refractivity contribution in [3.63, 3.8) is 0 Å². The number of carboxylic acids is 2. The molecule has 0 fully saturated rings. The molecule has 0 unspecified atom stereocenters. The van der Waals surface area contributed by atoms with Crippen LogP contribution >= 0.6 is 0 Å². The Balaban J connectivity index is -0.000000605. The third kappa shape index (κ3) is 7.05. The first-order valence-electron chi connectivity index (χ1n) is 4.05. The van der Waals surface area contributed by atoms with E-state index in [-0.39, 0.29) is 37.4 Å². The molecule has 0 heterocycles. The Hall–Kier alpha value is -0.0600. The van der Waals surface area contributed by atoms with E-state index in [1.54, 1.807) is 0 Å². The van der Waals surface area contributed by atoms with Crippen molar-refractivity contribution in [1.29, 1.82) is 0 Å². The van der Waals surface area contributed by atoms with Gasteiger partial charge in [-0.1, -0.05) is 26.2 Å². The van der Waals surface area contributed by atoms with Crippen LogP contribution in [0.2, 0.25) is 0 Å². The summed E-state index contributed by atoms with van der Waals surface area (Å²) in [4.78, 5) is 20.7. The maximum absolute atomic E-state index is 10.4. The van der Waals surface area contributed by atoms with Crippen molar-refractivity contribution >= 4 is 11.9 Å². The van der Waals surface area contributed by atoms with E-state index in [0.717, 1.165) is 12.8 Å². The van der Waals surface area contributed by atoms with Gasteiger partial charge in [0.05, 0.1) is 0 Å². The SMILES string of the molecule is CCCCCC(C(=O)O)C(=O)O.[H-].[Na+]. The van der Waals surface area contributed by atoms with E-state index < -0.39 is 17.9 Å². The molecule has 0 aliphatic carbocycles. The van der Waals surface area contributed by atoms with Crippen molar-refractivity contribution < 1.29 is 50.8 Å². The van der Waals surface area contributed by atoms with Crippen molar-refractivity contribution in [1.82, 2.24) is 0 Å². The van der Waals surface area contributed by atoms with Crippen LogP contribution in [-0.4, -0.2) is 22.2 Å². The molecule has 0 saturated heterocycles. The molecule has 0 saturated carbocycles. The van der Waals surface area contributed by atoms with Crippen molar-refractivity contribution in [2.24, 2.45) is 5.92 Å². The third-order valence-electron chi connectivity index (χ3n) is 1.69. The summed E-state index contributed by atoms with van der Waals surface area (Å²) in [6.07, 6.45) is 2.75. The van der Waals surface area contributed by atoms with Crippen LogP contribution < -0.4 is 29.6 Å². The van der Waals surface area contributed by atoms with Gasteiger partial charge in [-0.3, -0.25) is 9.59 Å². The number of aliphatic carboxylic acids is 2. The van der Waals surface area contributed by atoms with Gasteiger partial charge in [0, 0.05) is 0 Å². The second-order valence-corrected chi connectivity index (χ2v) is 2.72. The molecule has 0 aromatic heterocycles. The van der Waals surface area contributed by atoms with Gasteiger partial charge in [-0.2, -0.15) is 0 Å². The summed E-state index contributed by atoms with van der Waals surface area (Å²) in [5, 5.41) is 16.9. The van der Waals surface area contributed by atoms with Crippen molar-refractivity contribution in [3.05, 3.63) is 0 Å². The Kier molecular flexibility index (Phi) is 10.1. The smallest absolute Gasteiger partial charge is 1.00 e. The standard InChI is InChI=1S/C8H14O4.Na.H/c1-2-3-4-5-6(7(9)10)8(11)12;;/h6H,2-5H2,1H3,(H,9,10)(H,11,12);;/q;+1;-1. The van der Waals surface area contributed by atoms with Gasteiger partial charge in [-0.25, -0.2) is 0 Å². The second kappa shape index (κ2) is 8.53. The molecule has 0 amide bonds. The number of unbranched alkanes of at least 4 members (excludes halogenated alkanes) is 2. The van der Waals surface area contributed by atoms with Crippen LogP contribution in [0, 0.1) is 5.92 Å². The minimum Gasteiger partial charge on any atom is -1.00 e. The van der Waals surface area contributed by atoms with Gasteiger partial charge in [0.15, 0.2) is 5.92 Å². The Morgan fingerprint density at radius 1 is 1.23 bits per heavy atom. The summed E-state index contributed by atoms with van der Waals surface area (Å²) in [5.74, 6) is -3.70. The molecule has 0 aliphatic rings. The molecular weight excluding hydrogens is 183 g/mol. The van der Waals surface area contributed by atoms with Gasteiger partial charge < -0.3 is 11.6 Å². The molecule has 0 aromatic carbocycles. The molecule has 4 nitrogen and oxygen atoms in total. The molecule has 0 bridgehead atoms. The zero-order valence-corrected chi connectivity index (χ0v) is 10.1. The van der Waals surface area contributed by atoms with Gasteiger partial charge in [-0.15, -0.1) is 0 Å². The van der Waals surface area contributed by atoms with E-state index in [4.69, 9.17) is 10.2 Å². The predicted molar refractivity (Wildman–Crippen MR) is 44.0 cm³/mol. The van der Waals surface area contributed by atoms with Gasteiger partial charge in [0.1, 0.15) is 0 Å². The van der Waals surface area contributed by atoms with Gasteiger partial charge in [0.25, 0.3) is 0 Å². The zero-order valence-electron chi connectivity index (χ0n) is 9.12. The number of rotatable bonds is 6. The Morgan fingerprint density at radius 2 is 1.69 bits per heavy atom. The fourth-order valence-corrected chi connectivity index (χ4v) is 0.951. The van der Waals surface area contributed by atoms with E-state index in [2.05, 4.69) is 0 Å². The van der Waals surface area contributed by atoms with Gasteiger partial charge >= 0.3 is 41.5 Å². The maximum atomic E-state index is 10.4. The number of carbonyl (C=O) groups is 2. The van der Waals surface area contributed by atoms with Crippen molar-refractivity contribution in [2.45, 2.75) is 32.6 Å². The fraction of sp³-hybridized carbons (Fsp3) is 0.750. The summed E-state index contributed by atoms with van der Waals surface area (Å²) in [6, 6.07) is 0. The topological polar surface area (TPSA) is 74.6 Å². The first-order valence-corrected chi connectivity index (χ1v) is 4.05. The Labute approximate surface area is 101 Å². The average molecular weight is 198 g/mol. The maximum Gasteiger partial charge on any atom is 1.00 e. The molecular formula is C8H15NaO4. The Morgan fingerprint density at radius 3 is 2.00 bits per heavy atom. The van der Waals surface area contributed by atoms with E-state index >= 15 is 0 Å². The van der Waals surface area contributed by atoms with Gasteiger partial charge in [-0.05, 0) is 6.42 Å². The minimum absolute atomic E-state index is 0. The summed E-state index contributed by atoms with van der Waals surface area (Å²) in [5.41, 5.74) is 0. The largest absolute Gasteiger partial charge is 1.00 e. The molecule has 0 aromatic rings. The minimum atomic E-state index is -1.24. The van der Waals surface area contributed by atoms with Crippen LogP contribution in [0.1, 0.15) is 34.0 Å². The van der Waals surface area contributed by atoms with Crippen molar-refractivity contribution in [2.75, 3.05) is 0 Å². The molecule has 0 radical (unpaired) electrons. The van der Waals surface area contributed by atoms with Crippen molar-refractivity contribution in [3.8, 4) is 0 Å². The van der Waals surface area contributed by atoms with E-state index in [1.165, 1.54) is 0 Å². The van der Waals surface area contributed by atoms with E-state index in [9.17, 15) is 9.59 Å². The monoisotopic (exact) mass is 198 g/mol. The molecule has 0 atom stereocenters. The molecule has 0 aliphatic heterocycles. The summed E-state index contributed by atoms with van der Waals surface area (Å²) in [7, 11) is 0. The van der Waals surface area contributed by atoms with E-state index in [0.29, 0.717) is 6.42 Å². The summed E-state index contributed by atoms with van der Waals surface area (Å²) >= 11 is 0. The molecule has 0 spiro atoms. The van der Waals surface area contributed by atoms with Crippen LogP contribution in [0.4, 0.5) is 0 Å². The Bertz CT molecular complexity index is 161. The van der Waals surface area contributed by atoms with Crippen LogP contribution in [0.25, 0.3) is 0 Å². The van der Waals surface area contributed by atoms with Crippen LogP contribution in [0.15, 0.2) is 0 Å². The third-order valence-corrected chi connectivity index (χ3v) is 1.69. The number of hydrogen-bond acceptors (Lipinski definition) is 2. The molecule has 72 valence electrons. The first kappa shape index (κ1) is 15.4. The zero-order chi connectivity index (χ0) is 9.56. The normalized spacial score (nSPS) is 9.38. The van der Waals surface area contributed by atoms with Crippen LogP contribution in [0.3, 0.4) is 0 Å². The van der Waals surface area contributed by atoms with Crippen LogP contribution in [-0.2, 0) is 9.59 Å². The fourth-order valence-electron chi connectivity index (χ4n) is 0.951. The van der Waals surface area contributed by atoms with Crippen LogP contribution in [0.5, 0.6) is 0 Å². The number of hydrogen-bond donors (Lipinski definition) is 2. The first-order chi connectivity index (χ1) is 5.59. The molecule has 5 heteroatoms. The molecule has 13 heavy (non-hydrogen) atoms. The predicted octanol–water partition coefficient (Wildman–Crippen LogP) is -1.53.